The van der Waals surface area contributed by atoms with Crippen LogP contribution >= 0.6 is 22.7 Å². The lowest BCUT2D eigenvalue weighted by Gasteiger charge is -2.02. The second kappa shape index (κ2) is 8.17. The van der Waals surface area contributed by atoms with Crippen LogP contribution in [0.1, 0.15) is 34.0 Å². The maximum Gasteiger partial charge on any atom is 0.270 e. The van der Waals surface area contributed by atoms with E-state index in [1.807, 2.05) is 42.6 Å². The quantitative estimate of drug-likeness (QED) is 0.640. The summed E-state index contributed by atoms with van der Waals surface area (Å²) in [4.78, 5) is 21.0. The first-order valence-electron chi connectivity index (χ1n) is 7.92. The first kappa shape index (κ1) is 16.8. The van der Waals surface area contributed by atoms with E-state index in [0.29, 0.717) is 12.2 Å². The molecule has 1 N–H and O–H groups in total. The summed E-state index contributed by atoms with van der Waals surface area (Å²) in [5.41, 5.74) is 2.62. The Morgan fingerprint density at radius 1 is 1.08 bits per heavy atom. The van der Waals surface area contributed by atoms with Crippen LogP contribution in [-0.4, -0.2) is 22.4 Å². The Kier molecular flexibility index (Phi) is 5.72. The Morgan fingerprint density at radius 3 is 2.67 bits per heavy atom. The van der Waals surface area contributed by atoms with E-state index in [-0.39, 0.29) is 5.91 Å². The molecule has 0 aliphatic rings. The highest BCUT2D eigenvalue weighted by Crippen LogP contribution is 2.23. The van der Waals surface area contributed by atoms with Gasteiger partial charge in [0.25, 0.3) is 5.91 Å². The van der Waals surface area contributed by atoms with Crippen molar-refractivity contribution in [1.82, 2.24) is 15.3 Å². The number of carbonyl (C=O) groups excluding carboxylic acids is 1. The average molecular weight is 358 g/mol. The van der Waals surface area contributed by atoms with Gasteiger partial charge in [0.15, 0.2) is 0 Å². The van der Waals surface area contributed by atoms with Crippen LogP contribution in [0.5, 0.6) is 0 Å². The normalized spacial score (nSPS) is 10.7. The molecule has 4 nitrogen and oxygen atoms in total. The lowest BCUT2D eigenvalue weighted by atomic mass is 10.2. The number of unbranched alkanes of at least 4 members (excludes halogenated alkanes) is 1. The van der Waals surface area contributed by atoms with E-state index in [2.05, 4.69) is 20.7 Å². The molecule has 2 aromatic heterocycles. The summed E-state index contributed by atoms with van der Waals surface area (Å²) >= 11 is 3.20. The van der Waals surface area contributed by atoms with Crippen molar-refractivity contribution >= 4 is 28.6 Å². The van der Waals surface area contributed by atoms with Crippen LogP contribution in [0.2, 0.25) is 0 Å². The second-order valence-corrected chi connectivity index (χ2v) is 7.30. The summed E-state index contributed by atoms with van der Waals surface area (Å²) in [5, 5.41) is 8.88. The van der Waals surface area contributed by atoms with Crippen LogP contribution in [0, 0.1) is 6.92 Å². The van der Waals surface area contributed by atoms with Crippen molar-refractivity contribution in [1.29, 1.82) is 0 Å². The van der Waals surface area contributed by atoms with Gasteiger partial charge < -0.3 is 5.32 Å². The summed E-state index contributed by atoms with van der Waals surface area (Å²) in [6.45, 7) is 2.68. The van der Waals surface area contributed by atoms with Gasteiger partial charge in [-0.25, -0.2) is 9.97 Å². The number of thiazole rings is 2. The summed E-state index contributed by atoms with van der Waals surface area (Å²) < 4.78 is 0. The molecule has 0 aliphatic carbocycles. The van der Waals surface area contributed by atoms with Gasteiger partial charge in [-0.2, -0.15) is 0 Å². The van der Waals surface area contributed by atoms with E-state index >= 15 is 0 Å². The van der Waals surface area contributed by atoms with Crippen LogP contribution in [-0.2, 0) is 6.42 Å². The largest absolute Gasteiger partial charge is 0.351 e. The molecule has 0 spiro atoms. The highest BCUT2D eigenvalue weighted by atomic mass is 32.1. The molecule has 0 saturated carbocycles. The Bertz CT molecular complexity index is 795. The van der Waals surface area contributed by atoms with Crippen molar-refractivity contribution in [3.63, 3.8) is 0 Å². The Morgan fingerprint density at radius 2 is 1.92 bits per heavy atom. The molecule has 24 heavy (non-hydrogen) atoms. The van der Waals surface area contributed by atoms with Crippen LogP contribution in [0.4, 0.5) is 0 Å². The second-order valence-electron chi connectivity index (χ2n) is 5.50. The SMILES string of the molecule is Cc1csc(CCCCNC(=O)c2csc(-c3ccccc3)n2)n1. The molecule has 3 rings (SSSR count). The fourth-order valence-corrected chi connectivity index (χ4v) is 3.93. The summed E-state index contributed by atoms with van der Waals surface area (Å²) in [6, 6.07) is 9.92. The number of aromatic nitrogens is 2. The molecule has 0 radical (unpaired) electrons. The fraction of sp³-hybridized carbons (Fsp3) is 0.278. The topological polar surface area (TPSA) is 54.9 Å². The number of hydrogen-bond donors (Lipinski definition) is 1. The van der Waals surface area contributed by atoms with Crippen LogP contribution < -0.4 is 5.32 Å². The maximum atomic E-state index is 12.1. The van der Waals surface area contributed by atoms with Gasteiger partial charge >= 0.3 is 0 Å². The highest BCUT2D eigenvalue weighted by molar-refractivity contribution is 7.13. The third-order valence-electron chi connectivity index (χ3n) is 3.53. The van der Waals surface area contributed by atoms with Gasteiger partial charge in [-0.3, -0.25) is 4.79 Å². The molecule has 6 heteroatoms. The molecule has 2 heterocycles. The number of hydrogen-bond acceptors (Lipinski definition) is 5. The smallest absolute Gasteiger partial charge is 0.270 e. The predicted octanol–water partition coefficient (Wildman–Crippen LogP) is 4.33. The van der Waals surface area contributed by atoms with Crippen molar-refractivity contribution in [3.05, 3.63) is 57.5 Å². The van der Waals surface area contributed by atoms with Crippen LogP contribution in [0.15, 0.2) is 41.1 Å². The molecule has 0 fully saturated rings. The predicted molar refractivity (Wildman–Crippen MR) is 99.7 cm³/mol. The first-order valence-corrected chi connectivity index (χ1v) is 9.68. The van der Waals surface area contributed by atoms with Crippen molar-refractivity contribution in [2.75, 3.05) is 6.54 Å². The Hall–Kier alpha value is -2.05. The molecule has 124 valence electrons. The highest BCUT2D eigenvalue weighted by Gasteiger charge is 2.11. The zero-order valence-electron chi connectivity index (χ0n) is 13.5. The zero-order chi connectivity index (χ0) is 16.8. The van der Waals surface area contributed by atoms with Gasteiger partial charge in [0.1, 0.15) is 10.7 Å². The van der Waals surface area contributed by atoms with Crippen molar-refractivity contribution in [3.8, 4) is 10.6 Å². The molecule has 1 aromatic carbocycles. The van der Waals surface area contributed by atoms with Gasteiger partial charge in [-0.15, -0.1) is 22.7 Å². The molecule has 0 atom stereocenters. The minimum atomic E-state index is -0.0986. The third-order valence-corrected chi connectivity index (χ3v) is 5.44. The fourth-order valence-electron chi connectivity index (χ4n) is 2.30. The maximum absolute atomic E-state index is 12.1. The minimum absolute atomic E-state index is 0.0986. The van der Waals surface area contributed by atoms with Crippen LogP contribution in [0.25, 0.3) is 10.6 Å². The first-order chi connectivity index (χ1) is 11.7. The van der Waals surface area contributed by atoms with Gasteiger partial charge in [0.05, 0.1) is 5.01 Å². The molecule has 0 saturated heterocycles. The lowest BCUT2D eigenvalue weighted by Crippen LogP contribution is -2.24. The van der Waals surface area contributed by atoms with E-state index in [0.717, 1.165) is 35.5 Å². The van der Waals surface area contributed by atoms with Crippen LogP contribution in [0.3, 0.4) is 0 Å². The summed E-state index contributed by atoms with van der Waals surface area (Å²) in [7, 11) is 0. The zero-order valence-corrected chi connectivity index (χ0v) is 15.1. The molecule has 1 amide bonds. The number of rotatable bonds is 7. The van der Waals surface area contributed by atoms with Gasteiger partial charge in [-0.05, 0) is 26.2 Å². The van der Waals surface area contributed by atoms with Gasteiger partial charge in [0, 0.05) is 28.6 Å². The van der Waals surface area contributed by atoms with Crippen molar-refractivity contribution < 1.29 is 4.79 Å². The molecular weight excluding hydrogens is 338 g/mol. The number of carbonyl (C=O) groups is 1. The summed E-state index contributed by atoms with van der Waals surface area (Å²) in [6.07, 6.45) is 2.95. The molecule has 0 unspecified atom stereocenters. The van der Waals surface area contributed by atoms with E-state index in [4.69, 9.17) is 0 Å². The average Bonchev–Trinajstić information content (AvgIpc) is 3.24. The molecule has 0 bridgehead atoms. The monoisotopic (exact) mass is 357 g/mol. The molecule has 3 aromatic rings. The Balaban J connectivity index is 1.43. The number of benzene rings is 1. The standard InChI is InChI=1S/C18H19N3OS2/c1-13-11-23-16(20-13)9-5-6-10-19-17(22)15-12-24-18(21-15)14-7-3-2-4-8-14/h2-4,7-8,11-12H,5-6,9-10H2,1H3,(H,19,22). The number of nitrogens with one attached hydrogen (secondary N) is 1. The van der Waals surface area contributed by atoms with Crippen molar-refractivity contribution in [2.24, 2.45) is 0 Å². The van der Waals surface area contributed by atoms with Crippen molar-refractivity contribution in [2.45, 2.75) is 26.2 Å². The summed E-state index contributed by atoms with van der Waals surface area (Å²) in [5.74, 6) is -0.0986. The third kappa shape index (κ3) is 4.49. The number of amides is 1. The van der Waals surface area contributed by atoms with Gasteiger partial charge in [0.2, 0.25) is 0 Å². The minimum Gasteiger partial charge on any atom is -0.351 e. The number of aryl methyl sites for hydroxylation is 2. The van der Waals surface area contributed by atoms with E-state index in [1.54, 1.807) is 11.3 Å². The molecule has 0 aliphatic heterocycles. The van der Waals surface area contributed by atoms with E-state index in [9.17, 15) is 4.79 Å². The molecular formula is C18H19N3OS2. The number of nitrogens with zero attached hydrogens (tertiary/aromatic N) is 2. The van der Waals surface area contributed by atoms with Gasteiger partial charge in [-0.1, -0.05) is 30.3 Å². The lowest BCUT2D eigenvalue weighted by molar-refractivity contribution is 0.0949. The van der Waals surface area contributed by atoms with E-state index < -0.39 is 0 Å². The Labute approximate surface area is 149 Å². The van der Waals surface area contributed by atoms with E-state index in [1.165, 1.54) is 16.3 Å².